The number of carbonyl (C=O) groups excluding carboxylic acids is 1. The second-order valence-corrected chi connectivity index (χ2v) is 7.91. The average Bonchev–Trinajstić information content (AvgIpc) is 2.90. The minimum atomic E-state index is -0.340. The number of amides is 2. The number of ether oxygens (including phenoxy) is 3. The van der Waals surface area contributed by atoms with Crippen LogP contribution in [-0.2, 0) is 4.74 Å². The number of hydrogen-bond donors (Lipinski definition) is 2. The molecule has 1 aromatic heterocycles. The number of anilines is 3. The Hall–Kier alpha value is -4.37. The van der Waals surface area contributed by atoms with E-state index in [4.69, 9.17) is 19.2 Å². The summed E-state index contributed by atoms with van der Waals surface area (Å²) < 4.78 is 16.5. The monoisotopic (exact) mass is 471 g/mol. The van der Waals surface area contributed by atoms with Crippen molar-refractivity contribution in [2.75, 3.05) is 48.9 Å². The van der Waals surface area contributed by atoms with Crippen LogP contribution in [0.2, 0.25) is 0 Å². The van der Waals surface area contributed by atoms with Crippen molar-refractivity contribution in [2.24, 2.45) is 0 Å². The highest BCUT2D eigenvalue weighted by atomic mass is 16.5. The number of urea groups is 1. The minimum absolute atomic E-state index is 0.340. The smallest absolute Gasteiger partial charge is 0.323 e. The van der Waals surface area contributed by atoms with E-state index < -0.39 is 0 Å². The van der Waals surface area contributed by atoms with Gasteiger partial charge in [0.15, 0.2) is 0 Å². The Balaban J connectivity index is 1.22. The van der Waals surface area contributed by atoms with Crippen LogP contribution in [0.15, 0.2) is 72.9 Å². The lowest BCUT2D eigenvalue weighted by Crippen LogP contribution is -2.36. The summed E-state index contributed by atoms with van der Waals surface area (Å²) in [7, 11) is 1.60. The fraction of sp³-hybridized carbons (Fsp3) is 0.192. The van der Waals surface area contributed by atoms with E-state index in [-0.39, 0.29) is 6.03 Å². The quantitative estimate of drug-likeness (QED) is 0.412. The molecule has 1 aliphatic rings. The van der Waals surface area contributed by atoms with E-state index in [1.54, 1.807) is 61.8 Å². The number of morpholine rings is 1. The summed E-state index contributed by atoms with van der Waals surface area (Å²) in [6, 6.07) is 19.5. The molecule has 5 rings (SSSR count). The molecule has 9 nitrogen and oxygen atoms in total. The predicted molar refractivity (Wildman–Crippen MR) is 135 cm³/mol. The van der Waals surface area contributed by atoms with Gasteiger partial charge in [0, 0.05) is 30.5 Å². The fourth-order valence-electron chi connectivity index (χ4n) is 3.70. The average molecular weight is 472 g/mol. The Labute approximate surface area is 202 Å². The highest BCUT2D eigenvalue weighted by molar-refractivity contribution is 5.99. The molecule has 0 atom stereocenters. The third-order valence-corrected chi connectivity index (χ3v) is 5.53. The molecule has 2 amide bonds. The molecule has 2 N–H and O–H groups in total. The third-order valence-electron chi connectivity index (χ3n) is 5.53. The van der Waals surface area contributed by atoms with E-state index in [1.807, 2.05) is 18.2 Å². The lowest BCUT2D eigenvalue weighted by Gasteiger charge is -2.27. The molecule has 0 unspecified atom stereocenters. The van der Waals surface area contributed by atoms with E-state index in [1.165, 1.54) is 0 Å². The minimum Gasteiger partial charge on any atom is -0.497 e. The maximum absolute atomic E-state index is 12.3. The number of fused-ring (bicyclic) bond motifs is 1. The second kappa shape index (κ2) is 10.3. The van der Waals surface area contributed by atoms with Crippen molar-refractivity contribution in [2.45, 2.75) is 0 Å². The largest absolute Gasteiger partial charge is 0.497 e. The van der Waals surface area contributed by atoms with Crippen molar-refractivity contribution in [1.82, 2.24) is 9.97 Å². The van der Waals surface area contributed by atoms with Crippen LogP contribution in [0.3, 0.4) is 0 Å². The lowest BCUT2D eigenvalue weighted by atomic mass is 10.2. The number of hydrogen-bond acceptors (Lipinski definition) is 7. The molecule has 1 saturated heterocycles. The van der Waals surface area contributed by atoms with Crippen LogP contribution in [0.1, 0.15) is 0 Å². The number of rotatable bonds is 6. The first-order chi connectivity index (χ1) is 17.2. The summed E-state index contributed by atoms with van der Waals surface area (Å²) in [5.74, 6) is 2.86. The van der Waals surface area contributed by atoms with Crippen molar-refractivity contribution in [3.63, 3.8) is 0 Å². The number of nitrogens with zero attached hydrogens (tertiary/aromatic N) is 3. The molecule has 9 heteroatoms. The maximum atomic E-state index is 12.3. The van der Waals surface area contributed by atoms with Gasteiger partial charge in [0.05, 0.1) is 37.6 Å². The van der Waals surface area contributed by atoms with Gasteiger partial charge in [-0.1, -0.05) is 0 Å². The van der Waals surface area contributed by atoms with Crippen molar-refractivity contribution < 1.29 is 19.0 Å². The zero-order valence-corrected chi connectivity index (χ0v) is 19.2. The number of benzene rings is 3. The standard InChI is InChI=1S/C26H25N5O4/c1-33-20-6-2-18(3-7-20)28-26(32)29-19-4-8-21(9-5-19)35-22-10-11-23-24(16-22)30-25(17-27-23)31-12-14-34-15-13-31/h2-11,16-17H,12-15H2,1H3,(H2,28,29,32). The van der Waals surface area contributed by atoms with E-state index >= 15 is 0 Å². The molecule has 178 valence electrons. The molecule has 1 aliphatic heterocycles. The Morgan fingerprint density at radius 1 is 0.857 bits per heavy atom. The zero-order chi connectivity index (χ0) is 24.0. The first-order valence-corrected chi connectivity index (χ1v) is 11.3. The summed E-state index contributed by atoms with van der Waals surface area (Å²) in [5.41, 5.74) is 2.87. The molecular formula is C26H25N5O4. The van der Waals surface area contributed by atoms with Crippen molar-refractivity contribution in [3.8, 4) is 17.2 Å². The van der Waals surface area contributed by atoms with Gasteiger partial charge in [-0.05, 0) is 60.7 Å². The number of aromatic nitrogens is 2. The van der Waals surface area contributed by atoms with Crippen molar-refractivity contribution in [1.29, 1.82) is 0 Å². The normalized spacial score (nSPS) is 13.3. The molecule has 0 aliphatic carbocycles. The third kappa shape index (κ3) is 5.59. The summed E-state index contributed by atoms with van der Waals surface area (Å²) in [5, 5.41) is 5.58. The molecule has 2 heterocycles. The lowest BCUT2D eigenvalue weighted by molar-refractivity contribution is 0.122. The summed E-state index contributed by atoms with van der Waals surface area (Å²) in [6.07, 6.45) is 1.80. The van der Waals surface area contributed by atoms with Gasteiger partial charge in [-0.2, -0.15) is 0 Å². The van der Waals surface area contributed by atoms with Crippen LogP contribution in [0.4, 0.5) is 22.0 Å². The first-order valence-electron chi connectivity index (χ1n) is 11.3. The van der Waals surface area contributed by atoms with Gasteiger partial charge in [0.1, 0.15) is 23.1 Å². The predicted octanol–water partition coefficient (Wildman–Crippen LogP) is 4.91. The highest BCUT2D eigenvalue weighted by Gasteiger charge is 2.13. The van der Waals surface area contributed by atoms with Gasteiger partial charge in [-0.3, -0.25) is 4.98 Å². The van der Waals surface area contributed by atoms with E-state index in [2.05, 4.69) is 20.5 Å². The topological polar surface area (TPSA) is 97.8 Å². The number of carbonyl (C=O) groups is 1. The summed E-state index contributed by atoms with van der Waals surface area (Å²) in [6.45, 7) is 2.98. The van der Waals surface area contributed by atoms with Gasteiger partial charge in [0.2, 0.25) is 0 Å². The van der Waals surface area contributed by atoms with E-state index in [9.17, 15) is 4.79 Å². The Morgan fingerprint density at radius 3 is 2.14 bits per heavy atom. The molecule has 4 aromatic rings. The van der Waals surface area contributed by atoms with Crippen LogP contribution in [-0.4, -0.2) is 49.4 Å². The molecule has 0 saturated carbocycles. The SMILES string of the molecule is COc1ccc(NC(=O)Nc2ccc(Oc3ccc4ncc(N5CCOCC5)nc4c3)cc2)cc1. The van der Waals surface area contributed by atoms with Crippen LogP contribution in [0.5, 0.6) is 17.2 Å². The Kier molecular flexibility index (Phi) is 6.58. The van der Waals surface area contributed by atoms with Crippen molar-refractivity contribution >= 4 is 34.3 Å². The summed E-state index contributed by atoms with van der Waals surface area (Å²) in [4.78, 5) is 23.7. The zero-order valence-electron chi connectivity index (χ0n) is 19.2. The van der Waals surface area contributed by atoms with Gasteiger partial charge in [0.25, 0.3) is 0 Å². The molecule has 3 aromatic carbocycles. The van der Waals surface area contributed by atoms with Crippen LogP contribution < -0.4 is 25.0 Å². The molecule has 1 fully saturated rings. The van der Waals surface area contributed by atoms with Gasteiger partial charge in [-0.15, -0.1) is 0 Å². The van der Waals surface area contributed by atoms with E-state index in [0.717, 1.165) is 35.7 Å². The Bertz CT molecular complexity index is 1310. The highest BCUT2D eigenvalue weighted by Crippen LogP contribution is 2.27. The summed E-state index contributed by atoms with van der Waals surface area (Å²) >= 11 is 0. The fourth-order valence-corrected chi connectivity index (χ4v) is 3.70. The molecule has 35 heavy (non-hydrogen) atoms. The van der Waals surface area contributed by atoms with Crippen LogP contribution in [0.25, 0.3) is 11.0 Å². The molecular weight excluding hydrogens is 446 g/mol. The molecule has 0 radical (unpaired) electrons. The number of nitrogens with one attached hydrogen (secondary N) is 2. The van der Waals surface area contributed by atoms with Crippen molar-refractivity contribution in [3.05, 3.63) is 72.9 Å². The van der Waals surface area contributed by atoms with Gasteiger partial charge >= 0.3 is 6.03 Å². The first kappa shape index (κ1) is 22.4. The van der Waals surface area contributed by atoms with Gasteiger partial charge < -0.3 is 29.7 Å². The molecule has 0 spiro atoms. The molecule has 0 bridgehead atoms. The number of methoxy groups -OCH3 is 1. The van der Waals surface area contributed by atoms with Crippen LogP contribution in [0, 0.1) is 0 Å². The maximum Gasteiger partial charge on any atom is 0.323 e. The van der Waals surface area contributed by atoms with Gasteiger partial charge in [-0.25, -0.2) is 9.78 Å². The Morgan fingerprint density at radius 2 is 1.49 bits per heavy atom. The van der Waals surface area contributed by atoms with Crippen LogP contribution >= 0.6 is 0 Å². The second-order valence-electron chi connectivity index (χ2n) is 7.91. The van der Waals surface area contributed by atoms with E-state index in [0.29, 0.717) is 36.1 Å².